The number of rotatable bonds is 9. The van der Waals surface area contributed by atoms with Crippen molar-refractivity contribution >= 4 is 11.3 Å². The molecular formula is C16H21FN2OS. The van der Waals surface area contributed by atoms with Gasteiger partial charge in [-0.15, -0.1) is 11.3 Å². The summed E-state index contributed by atoms with van der Waals surface area (Å²) in [5.41, 5.74) is 0. The van der Waals surface area contributed by atoms with Crippen molar-refractivity contribution in [2.45, 2.75) is 32.7 Å². The molecule has 0 aliphatic rings. The fourth-order valence-corrected chi connectivity index (χ4v) is 2.72. The van der Waals surface area contributed by atoms with Crippen molar-refractivity contribution in [3.8, 4) is 5.75 Å². The number of thiazole rings is 1. The van der Waals surface area contributed by atoms with Gasteiger partial charge < -0.3 is 10.1 Å². The van der Waals surface area contributed by atoms with Crippen molar-refractivity contribution in [1.82, 2.24) is 10.3 Å². The number of benzene rings is 1. The van der Waals surface area contributed by atoms with E-state index in [2.05, 4.69) is 17.2 Å². The highest BCUT2D eigenvalue weighted by atomic mass is 32.1. The van der Waals surface area contributed by atoms with Gasteiger partial charge in [0, 0.05) is 24.0 Å². The van der Waals surface area contributed by atoms with Gasteiger partial charge in [0.25, 0.3) is 0 Å². The summed E-state index contributed by atoms with van der Waals surface area (Å²) in [6.07, 6.45) is 5.12. The Morgan fingerprint density at radius 2 is 2.10 bits per heavy atom. The van der Waals surface area contributed by atoms with Gasteiger partial charge in [0.2, 0.25) is 0 Å². The monoisotopic (exact) mass is 308 g/mol. The Balaban J connectivity index is 1.69. The molecule has 1 heterocycles. The highest BCUT2D eigenvalue weighted by Gasteiger charge is 2.02. The van der Waals surface area contributed by atoms with Crippen LogP contribution in [-0.4, -0.2) is 18.1 Å². The Bertz CT molecular complexity index is 527. The quantitative estimate of drug-likeness (QED) is 0.716. The molecule has 2 aromatic rings. The molecule has 0 radical (unpaired) electrons. The number of hydrogen-bond donors (Lipinski definition) is 1. The third-order valence-electron chi connectivity index (χ3n) is 3.01. The van der Waals surface area contributed by atoms with Crippen LogP contribution >= 0.6 is 11.3 Å². The summed E-state index contributed by atoms with van der Waals surface area (Å²) >= 11 is 1.71. The van der Waals surface area contributed by atoms with Crippen LogP contribution in [0.2, 0.25) is 0 Å². The number of ether oxygens (including phenoxy) is 1. The summed E-state index contributed by atoms with van der Waals surface area (Å²) in [6, 6.07) is 6.08. The van der Waals surface area contributed by atoms with Crippen molar-refractivity contribution in [3.05, 3.63) is 46.2 Å². The minimum atomic E-state index is -0.248. The van der Waals surface area contributed by atoms with E-state index in [4.69, 9.17) is 4.74 Å². The van der Waals surface area contributed by atoms with Crippen LogP contribution in [0.5, 0.6) is 5.75 Å². The van der Waals surface area contributed by atoms with Crippen LogP contribution in [0.15, 0.2) is 30.5 Å². The third-order valence-corrected chi connectivity index (χ3v) is 4.06. The molecular weight excluding hydrogens is 287 g/mol. The summed E-state index contributed by atoms with van der Waals surface area (Å²) in [5, 5.41) is 4.48. The molecule has 1 N–H and O–H groups in total. The molecule has 21 heavy (non-hydrogen) atoms. The van der Waals surface area contributed by atoms with Gasteiger partial charge in [-0.05, 0) is 37.2 Å². The summed E-state index contributed by atoms with van der Waals surface area (Å²) in [5.74, 6) is 0.442. The van der Waals surface area contributed by atoms with Crippen LogP contribution in [0.1, 0.15) is 29.7 Å². The first-order valence-electron chi connectivity index (χ1n) is 7.30. The fraction of sp³-hybridized carbons (Fsp3) is 0.438. The molecule has 1 aromatic heterocycles. The predicted octanol–water partition coefficient (Wildman–Crippen LogP) is 3.79. The molecule has 0 aliphatic heterocycles. The van der Waals surface area contributed by atoms with Crippen LogP contribution in [0, 0.1) is 5.82 Å². The molecule has 0 spiro atoms. The second kappa shape index (κ2) is 8.74. The first-order valence-corrected chi connectivity index (χ1v) is 8.12. The van der Waals surface area contributed by atoms with Gasteiger partial charge in [-0.2, -0.15) is 0 Å². The molecule has 114 valence electrons. The number of nitrogens with zero attached hydrogens (tertiary/aromatic N) is 1. The molecule has 0 atom stereocenters. The third kappa shape index (κ3) is 5.81. The number of nitrogens with one attached hydrogen (secondary N) is 1. The van der Waals surface area contributed by atoms with Crippen molar-refractivity contribution in [3.63, 3.8) is 0 Å². The van der Waals surface area contributed by atoms with E-state index in [-0.39, 0.29) is 5.82 Å². The van der Waals surface area contributed by atoms with E-state index in [1.54, 1.807) is 23.5 Å². The Labute approximate surface area is 129 Å². The van der Waals surface area contributed by atoms with Gasteiger partial charge in [0.15, 0.2) is 0 Å². The molecule has 0 bridgehead atoms. The fourth-order valence-electron chi connectivity index (χ4n) is 1.85. The van der Waals surface area contributed by atoms with Gasteiger partial charge in [-0.3, -0.25) is 0 Å². The number of halogens is 1. The van der Waals surface area contributed by atoms with Crippen LogP contribution < -0.4 is 10.1 Å². The smallest absolute Gasteiger partial charge is 0.123 e. The number of hydrogen-bond acceptors (Lipinski definition) is 4. The Morgan fingerprint density at radius 3 is 2.86 bits per heavy atom. The molecule has 3 nitrogen and oxygen atoms in total. The maximum absolute atomic E-state index is 12.8. The molecule has 0 amide bonds. The topological polar surface area (TPSA) is 34.2 Å². The van der Waals surface area contributed by atoms with Crippen LogP contribution in [0.3, 0.4) is 0 Å². The highest BCUT2D eigenvalue weighted by molar-refractivity contribution is 7.11. The van der Waals surface area contributed by atoms with Crippen molar-refractivity contribution in [2.75, 3.05) is 13.2 Å². The van der Waals surface area contributed by atoms with Crippen molar-refractivity contribution < 1.29 is 9.13 Å². The van der Waals surface area contributed by atoms with Gasteiger partial charge in [-0.25, -0.2) is 9.37 Å². The average molecular weight is 308 g/mol. The van der Waals surface area contributed by atoms with E-state index < -0.39 is 0 Å². The van der Waals surface area contributed by atoms with E-state index in [9.17, 15) is 4.39 Å². The maximum Gasteiger partial charge on any atom is 0.123 e. The van der Waals surface area contributed by atoms with Gasteiger partial charge in [-0.1, -0.05) is 13.3 Å². The van der Waals surface area contributed by atoms with Gasteiger partial charge in [0.05, 0.1) is 11.6 Å². The SMILES string of the molecule is CCCCNCc1cnc(CCOc2ccc(F)cc2)s1. The Hall–Kier alpha value is -1.46. The maximum atomic E-state index is 12.8. The summed E-state index contributed by atoms with van der Waals surface area (Å²) < 4.78 is 18.3. The summed E-state index contributed by atoms with van der Waals surface area (Å²) in [4.78, 5) is 5.65. The van der Waals surface area contributed by atoms with Gasteiger partial charge >= 0.3 is 0 Å². The lowest BCUT2D eigenvalue weighted by Gasteiger charge is -2.04. The molecule has 0 fully saturated rings. The standard InChI is InChI=1S/C16H21FN2OS/c1-2-3-9-18-11-15-12-19-16(21-15)8-10-20-14-6-4-13(17)5-7-14/h4-7,12,18H,2-3,8-11H2,1H3. The molecule has 5 heteroatoms. The lowest BCUT2D eigenvalue weighted by molar-refractivity contribution is 0.321. The van der Waals surface area contributed by atoms with E-state index >= 15 is 0 Å². The molecule has 0 aliphatic carbocycles. The number of aromatic nitrogens is 1. The Kier molecular flexibility index (Phi) is 6.63. The van der Waals surface area contributed by atoms with E-state index in [1.165, 1.54) is 29.9 Å². The number of unbranched alkanes of at least 4 members (excludes halogenated alkanes) is 1. The van der Waals surface area contributed by atoms with E-state index in [0.29, 0.717) is 12.4 Å². The first-order chi connectivity index (χ1) is 10.3. The summed E-state index contributed by atoms with van der Waals surface area (Å²) in [6.45, 7) is 4.68. The molecule has 2 rings (SSSR count). The second-order valence-electron chi connectivity index (χ2n) is 4.80. The zero-order chi connectivity index (χ0) is 14.9. The highest BCUT2D eigenvalue weighted by Crippen LogP contribution is 2.15. The van der Waals surface area contributed by atoms with Crippen LogP contribution in [0.4, 0.5) is 4.39 Å². The lowest BCUT2D eigenvalue weighted by Crippen LogP contribution is -2.13. The average Bonchev–Trinajstić information content (AvgIpc) is 2.94. The second-order valence-corrected chi connectivity index (χ2v) is 6.00. The Morgan fingerprint density at radius 1 is 1.29 bits per heavy atom. The minimum Gasteiger partial charge on any atom is -0.493 e. The molecule has 1 aromatic carbocycles. The largest absolute Gasteiger partial charge is 0.493 e. The normalized spacial score (nSPS) is 10.8. The van der Waals surface area contributed by atoms with Crippen LogP contribution in [0.25, 0.3) is 0 Å². The van der Waals surface area contributed by atoms with Gasteiger partial charge in [0.1, 0.15) is 11.6 Å². The lowest BCUT2D eigenvalue weighted by atomic mass is 10.3. The molecule has 0 unspecified atom stereocenters. The predicted molar refractivity (Wildman–Crippen MR) is 84.3 cm³/mol. The zero-order valence-electron chi connectivity index (χ0n) is 12.3. The van der Waals surface area contributed by atoms with Crippen molar-refractivity contribution in [1.29, 1.82) is 0 Å². The molecule has 0 saturated heterocycles. The zero-order valence-corrected chi connectivity index (χ0v) is 13.1. The van der Waals surface area contributed by atoms with Crippen LogP contribution in [-0.2, 0) is 13.0 Å². The molecule has 0 saturated carbocycles. The van der Waals surface area contributed by atoms with Crippen molar-refractivity contribution in [2.24, 2.45) is 0 Å². The summed E-state index contributed by atoms with van der Waals surface area (Å²) in [7, 11) is 0. The first kappa shape index (κ1) is 15.9. The van der Waals surface area contributed by atoms with E-state index in [1.807, 2.05) is 6.20 Å². The van der Waals surface area contributed by atoms with E-state index in [0.717, 1.165) is 24.5 Å². The minimum absolute atomic E-state index is 0.248.